The molecule has 1 amide bonds. The molecular formula is C17H19NO5. The van der Waals surface area contributed by atoms with Crippen molar-refractivity contribution in [3.63, 3.8) is 0 Å². The van der Waals surface area contributed by atoms with Gasteiger partial charge in [-0.3, -0.25) is 4.79 Å². The van der Waals surface area contributed by atoms with Crippen LogP contribution in [0.25, 0.3) is 0 Å². The molecule has 122 valence electrons. The number of hydrogen-bond acceptors (Lipinski definition) is 4. The largest absolute Gasteiger partial charge is 0.497 e. The molecule has 1 heterocycles. The fourth-order valence-corrected chi connectivity index (χ4v) is 2.23. The second-order valence-electron chi connectivity index (χ2n) is 5.47. The van der Waals surface area contributed by atoms with Crippen LogP contribution in [0.2, 0.25) is 0 Å². The maximum Gasteiger partial charge on any atom is 0.338 e. The highest BCUT2D eigenvalue weighted by Crippen LogP contribution is 2.24. The van der Waals surface area contributed by atoms with E-state index in [1.54, 1.807) is 7.11 Å². The van der Waals surface area contributed by atoms with Crippen LogP contribution in [0.1, 0.15) is 46.4 Å². The predicted molar refractivity (Wildman–Crippen MR) is 83.7 cm³/mol. The van der Waals surface area contributed by atoms with Gasteiger partial charge in [0.1, 0.15) is 12.0 Å². The van der Waals surface area contributed by atoms with Gasteiger partial charge in [-0.15, -0.1) is 0 Å². The van der Waals surface area contributed by atoms with Crippen molar-refractivity contribution in [2.45, 2.75) is 19.9 Å². The zero-order valence-electron chi connectivity index (χ0n) is 13.2. The summed E-state index contributed by atoms with van der Waals surface area (Å²) in [5, 5.41) is 11.7. The van der Waals surface area contributed by atoms with E-state index in [1.807, 2.05) is 38.1 Å². The average molecular weight is 317 g/mol. The zero-order chi connectivity index (χ0) is 17.0. The minimum absolute atomic E-state index is 0.0263. The van der Waals surface area contributed by atoms with Crippen molar-refractivity contribution in [1.82, 2.24) is 5.32 Å². The molecule has 0 radical (unpaired) electrons. The van der Waals surface area contributed by atoms with Crippen molar-refractivity contribution in [2.75, 3.05) is 7.11 Å². The van der Waals surface area contributed by atoms with E-state index in [4.69, 9.17) is 14.3 Å². The molecule has 23 heavy (non-hydrogen) atoms. The van der Waals surface area contributed by atoms with Crippen molar-refractivity contribution >= 4 is 11.9 Å². The second-order valence-corrected chi connectivity index (χ2v) is 5.47. The smallest absolute Gasteiger partial charge is 0.338 e. The molecule has 0 fully saturated rings. The number of hydrogen-bond donors (Lipinski definition) is 2. The van der Waals surface area contributed by atoms with Crippen LogP contribution < -0.4 is 10.1 Å². The summed E-state index contributed by atoms with van der Waals surface area (Å²) in [4.78, 5) is 23.1. The molecule has 0 aliphatic rings. The number of carboxylic acids is 1. The van der Waals surface area contributed by atoms with Crippen LogP contribution in [-0.2, 0) is 0 Å². The summed E-state index contributed by atoms with van der Waals surface area (Å²) < 4.78 is 10.2. The first kappa shape index (κ1) is 16.6. The Morgan fingerprint density at radius 1 is 1.22 bits per heavy atom. The lowest BCUT2D eigenvalue weighted by molar-refractivity contribution is 0.0695. The van der Waals surface area contributed by atoms with Crippen LogP contribution in [0.3, 0.4) is 0 Å². The van der Waals surface area contributed by atoms with Crippen LogP contribution in [0.15, 0.2) is 41.0 Å². The molecule has 1 aromatic heterocycles. The minimum atomic E-state index is -1.14. The highest BCUT2D eigenvalue weighted by atomic mass is 16.5. The first-order chi connectivity index (χ1) is 10.9. The fraction of sp³-hybridized carbons (Fsp3) is 0.294. The van der Waals surface area contributed by atoms with Crippen LogP contribution in [0, 0.1) is 5.92 Å². The van der Waals surface area contributed by atoms with Crippen molar-refractivity contribution in [3.8, 4) is 5.75 Å². The molecule has 6 heteroatoms. The number of methoxy groups -OCH3 is 1. The van der Waals surface area contributed by atoms with E-state index in [9.17, 15) is 9.59 Å². The zero-order valence-corrected chi connectivity index (χ0v) is 13.2. The number of amides is 1. The lowest BCUT2D eigenvalue weighted by Crippen LogP contribution is -2.31. The van der Waals surface area contributed by atoms with E-state index in [-0.39, 0.29) is 23.3 Å². The molecule has 0 bridgehead atoms. The quantitative estimate of drug-likeness (QED) is 0.854. The molecule has 1 aromatic carbocycles. The Labute approximate surface area is 134 Å². The summed E-state index contributed by atoms with van der Waals surface area (Å²) in [5.41, 5.74) is 0.875. The van der Waals surface area contributed by atoms with Crippen molar-refractivity contribution < 1.29 is 23.8 Å². The highest BCUT2D eigenvalue weighted by Gasteiger charge is 2.22. The van der Waals surface area contributed by atoms with Crippen LogP contribution >= 0.6 is 0 Å². The summed E-state index contributed by atoms with van der Waals surface area (Å²) in [6.07, 6.45) is 1.05. The SMILES string of the molecule is COc1ccc(C(NC(=O)c2cc(C(=O)O)co2)C(C)C)cc1. The van der Waals surface area contributed by atoms with Crippen LogP contribution in [0.4, 0.5) is 0 Å². The molecule has 2 rings (SSSR count). The van der Waals surface area contributed by atoms with Gasteiger partial charge in [-0.25, -0.2) is 4.79 Å². The maximum atomic E-state index is 12.3. The normalized spacial score (nSPS) is 12.0. The second kappa shape index (κ2) is 7.00. The summed E-state index contributed by atoms with van der Waals surface area (Å²) in [5.74, 6) is -0.738. The first-order valence-corrected chi connectivity index (χ1v) is 7.19. The van der Waals surface area contributed by atoms with Gasteiger partial charge in [-0.05, 0) is 23.6 Å². The molecule has 0 spiro atoms. The van der Waals surface area contributed by atoms with Gasteiger partial charge in [-0.2, -0.15) is 0 Å². The summed E-state index contributed by atoms with van der Waals surface area (Å²) >= 11 is 0. The molecule has 0 saturated carbocycles. The Balaban J connectivity index is 2.17. The van der Waals surface area contributed by atoms with Gasteiger partial charge in [0.25, 0.3) is 5.91 Å². The minimum Gasteiger partial charge on any atom is -0.497 e. The number of carboxylic acid groups (broad SMARTS) is 1. The molecule has 2 N–H and O–H groups in total. The van der Waals surface area contributed by atoms with E-state index in [0.29, 0.717) is 0 Å². The van der Waals surface area contributed by atoms with E-state index in [1.165, 1.54) is 6.07 Å². The van der Waals surface area contributed by atoms with Gasteiger partial charge >= 0.3 is 5.97 Å². The number of aromatic carboxylic acids is 1. The monoisotopic (exact) mass is 317 g/mol. The number of benzene rings is 1. The lowest BCUT2D eigenvalue weighted by Gasteiger charge is -2.22. The third-order valence-electron chi connectivity index (χ3n) is 3.50. The summed E-state index contributed by atoms with van der Waals surface area (Å²) in [7, 11) is 1.59. The molecular weight excluding hydrogens is 298 g/mol. The van der Waals surface area contributed by atoms with E-state index >= 15 is 0 Å². The number of carbonyl (C=O) groups is 2. The molecule has 1 atom stereocenters. The Morgan fingerprint density at radius 3 is 2.35 bits per heavy atom. The van der Waals surface area contributed by atoms with Crippen molar-refractivity contribution in [3.05, 3.63) is 53.5 Å². The van der Waals surface area contributed by atoms with Gasteiger partial charge in [0, 0.05) is 6.07 Å². The van der Waals surface area contributed by atoms with E-state index in [2.05, 4.69) is 5.32 Å². The highest BCUT2D eigenvalue weighted by molar-refractivity contribution is 5.95. The molecule has 0 saturated heterocycles. The van der Waals surface area contributed by atoms with Gasteiger partial charge < -0.3 is 19.6 Å². The van der Waals surface area contributed by atoms with E-state index < -0.39 is 11.9 Å². The van der Waals surface area contributed by atoms with Gasteiger partial charge in [0.05, 0.1) is 18.7 Å². The van der Waals surface area contributed by atoms with Crippen molar-refractivity contribution in [1.29, 1.82) is 0 Å². The van der Waals surface area contributed by atoms with Gasteiger partial charge in [0.2, 0.25) is 0 Å². The number of rotatable bonds is 6. The van der Waals surface area contributed by atoms with Crippen LogP contribution in [0.5, 0.6) is 5.75 Å². The average Bonchev–Trinajstić information content (AvgIpc) is 3.02. The third kappa shape index (κ3) is 3.91. The fourth-order valence-electron chi connectivity index (χ4n) is 2.23. The molecule has 0 aliphatic carbocycles. The Hall–Kier alpha value is -2.76. The molecule has 2 aromatic rings. The van der Waals surface area contributed by atoms with Gasteiger partial charge in [0.15, 0.2) is 5.76 Å². The summed E-state index contributed by atoms with van der Waals surface area (Å²) in [6.45, 7) is 3.97. The molecule has 0 aliphatic heterocycles. The third-order valence-corrected chi connectivity index (χ3v) is 3.50. The number of ether oxygens (including phenoxy) is 1. The Kier molecular flexibility index (Phi) is 5.05. The lowest BCUT2D eigenvalue weighted by atomic mass is 9.96. The Bertz CT molecular complexity index is 687. The number of furan rings is 1. The predicted octanol–water partition coefficient (Wildman–Crippen LogP) is 3.11. The molecule has 1 unspecified atom stereocenters. The van der Waals surface area contributed by atoms with Crippen LogP contribution in [-0.4, -0.2) is 24.1 Å². The summed E-state index contributed by atoms with van der Waals surface area (Å²) in [6, 6.07) is 8.40. The van der Waals surface area contributed by atoms with E-state index in [0.717, 1.165) is 17.6 Å². The van der Waals surface area contributed by atoms with Crippen molar-refractivity contribution in [2.24, 2.45) is 5.92 Å². The number of nitrogens with one attached hydrogen (secondary N) is 1. The molecule has 6 nitrogen and oxygen atoms in total. The number of carbonyl (C=O) groups excluding carboxylic acids is 1. The maximum absolute atomic E-state index is 12.3. The standard InChI is InChI=1S/C17H19NO5/c1-10(2)15(11-4-6-13(22-3)7-5-11)18-16(19)14-8-12(9-23-14)17(20)21/h4-10,15H,1-3H3,(H,18,19)(H,20,21). The Morgan fingerprint density at radius 2 is 1.87 bits per heavy atom. The first-order valence-electron chi connectivity index (χ1n) is 7.19. The van der Waals surface area contributed by atoms with Gasteiger partial charge in [-0.1, -0.05) is 26.0 Å². The topological polar surface area (TPSA) is 88.8 Å².